The molecule has 0 atom stereocenters. The summed E-state index contributed by atoms with van der Waals surface area (Å²) in [4.78, 5) is 24.3. The van der Waals surface area contributed by atoms with Crippen molar-refractivity contribution < 1.29 is 19.7 Å². The molecule has 0 radical (unpaired) electrons. The lowest BCUT2D eigenvalue weighted by molar-refractivity contribution is 0.0883. The number of hydrogen-bond donors (Lipinski definition) is 4. The number of aromatic nitrogens is 2. The summed E-state index contributed by atoms with van der Waals surface area (Å²) in [6, 6.07) is 4.15. The van der Waals surface area contributed by atoms with Crippen molar-refractivity contribution in [3.05, 3.63) is 33.1 Å². The zero-order valence-corrected chi connectivity index (χ0v) is 21.2. The van der Waals surface area contributed by atoms with Crippen LogP contribution >= 0.6 is 34.5 Å². The van der Waals surface area contributed by atoms with E-state index in [-0.39, 0.29) is 19.2 Å². The molecule has 34 heavy (non-hydrogen) atoms. The van der Waals surface area contributed by atoms with Gasteiger partial charge in [-0.2, -0.15) is 0 Å². The molecule has 2 heterocycles. The fourth-order valence-corrected chi connectivity index (χ4v) is 4.78. The zero-order chi connectivity index (χ0) is 24.8. The summed E-state index contributed by atoms with van der Waals surface area (Å²) in [5.41, 5.74) is 6.92. The molecule has 2 aromatic heterocycles. The predicted molar refractivity (Wildman–Crippen MR) is 136 cm³/mol. The Balaban J connectivity index is 1.97. The minimum atomic E-state index is -0.768. The molecule has 0 saturated carbocycles. The van der Waals surface area contributed by atoms with Gasteiger partial charge in [0.2, 0.25) is 5.95 Å². The second-order valence-electron chi connectivity index (χ2n) is 7.43. The first-order chi connectivity index (χ1) is 16.3. The maximum absolute atomic E-state index is 12.6. The molecule has 0 bridgehead atoms. The average molecular weight is 528 g/mol. The van der Waals surface area contributed by atoms with E-state index in [1.807, 2.05) is 0 Å². The second-order valence-corrected chi connectivity index (χ2v) is 9.28. The molecule has 3 rings (SSSR count). The number of aliphatic hydroxyl groups excluding tert-OH is 2. The van der Waals surface area contributed by atoms with E-state index < -0.39 is 11.9 Å². The monoisotopic (exact) mass is 527 g/mol. The van der Waals surface area contributed by atoms with Gasteiger partial charge in [0, 0.05) is 17.5 Å². The van der Waals surface area contributed by atoms with E-state index in [1.165, 1.54) is 0 Å². The number of ether oxygens (including phenoxy) is 1. The number of nitrogens with one attached hydrogen (secondary N) is 1. The van der Waals surface area contributed by atoms with E-state index in [9.17, 15) is 15.0 Å². The van der Waals surface area contributed by atoms with Gasteiger partial charge in [0.15, 0.2) is 0 Å². The molecule has 0 aliphatic carbocycles. The number of fused-ring (bicyclic) bond motifs is 1. The SMILES string of the molecule is CCN(CC)CCOc1cc(-c2nc(N)nc3sc(C(=O)NC(CO)CO)cc23)c(Cl)cc1Cl. The van der Waals surface area contributed by atoms with E-state index >= 15 is 0 Å². The van der Waals surface area contributed by atoms with Crippen LogP contribution in [0.15, 0.2) is 18.2 Å². The number of nitrogens with two attached hydrogens (primary N) is 1. The van der Waals surface area contributed by atoms with Crippen LogP contribution in [0.2, 0.25) is 10.0 Å². The highest BCUT2D eigenvalue weighted by Crippen LogP contribution is 2.40. The minimum Gasteiger partial charge on any atom is -0.491 e. The maximum Gasteiger partial charge on any atom is 0.261 e. The van der Waals surface area contributed by atoms with E-state index in [4.69, 9.17) is 33.7 Å². The lowest BCUT2D eigenvalue weighted by Gasteiger charge is -2.19. The number of nitrogen functional groups attached to an aromatic ring is 1. The average Bonchev–Trinajstić information content (AvgIpc) is 3.25. The number of halogens is 2. The highest BCUT2D eigenvalue weighted by atomic mass is 35.5. The maximum atomic E-state index is 12.6. The number of amides is 1. The molecular weight excluding hydrogens is 501 g/mol. The van der Waals surface area contributed by atoms with Crippen molar-refractivity contribution in [2.75, 3.05) is 45.2 Å². The Hall–Kier alpha value is -2.21. The van der Waals surface area contributed by atoms with Gasteiger partial charge in [0.1, 0.15) is 17.2 Å². The summed E-state index contributed by atoms with van der Waals surface area (Å²) in [5, 5.41) is 22.3. The highest BCUT2D eigenvalue weighted by molar-refractivity contribution is 7.20. The Bertz CT molecular complexity index is 1150. The third kappa shape index (κ3) is 6.07. The van der Waals surface area contributed by atoms with Crippen LogP contribution in [0.1, 0.15) is 23.5 Å². The van der Waals surface area contributed by atoms with Crippen molar-refractivity contribution in [2.45, 2.75) is 19.9 Å². The van der Waals surface area contributed by atoms with Crippen molar-refractivity contribution in [1.82, 2.24) is 20.2 Å². The summed E-state index contributed by atoms with van der Waals surface area (Å²) in [5.74, 6) is 0.0265. The third-order valence-corrected chi connectivity index (χ3v) is 6.88. The number of benzene rings is 1. The van der Waals surface area contributed by atoms with Gasteiger partial charge >= 0.3 is 0 Å². The summed E-state index contributed by atoms with van der Waals surface area (Å²) >= 11 is 14.0. The predicted octanol–water partition coefficient (Wildman–Crippen LogP) is 3.05. The van der Waals surface area contributed by atoms with Crippen LogP contribution in [0, 0.1) is 0 Å². The molecular formula is C22H27Cl2N5O4S. The number of rotatable bonds is 11. The van der Waals surface area contributed by atoms with Crippen LogP contribution in [0.3, 0.4) is 0 Å². The molecule has 3 aromatic rings. The van der Waals surface area contributed by atoms with Crippen LogP contribution in [-0.2, 0) is 0 Å². The van der Waals surface area contributed by atoms with Gasteiger partial charge < -0.3 is 30.9 Å². The molecule has 0 aliphatic heterocycles. The molecule has 9 nitrogen and oxygen atoms in total. The van der Waals surface area contributed by atoms with Gasteiger partial charge in [-0.05, 0) is 31.3 Å². The van der Waals surface area contributed by atoms with Crippen molar-refractivity contribution >= 4 is 56.6 Å². The summed E-state index contributed by atoms with van der Waals surface area (Å²) < 4.78 is 5.93. The topological polar surface area (TPSA) is 134 Å². The Morgan fingerprint density at radius 2 is 1.88 bits per heavy atom. The second kappa shape index (κ2) is 12.0. The largest absolute Gasteiger partial charge is 0.491 e. The normalized spacial score (nSPS) is 11.5. The fraction of sp³-hybridized carbons (Fsp3) is 0.409. The van der Waals surface area contributed by atoms with E-state index in [2.05, 4.69) is 34.0 Å². The van der Waals surface area contributed by atoms with Crippen LogP contribution in [0.4, 0.5) is 5.95 Å². The third-order valence-electron chi connectivity index (χ3n) is 5.25. The van der Waals surface area contributed by atoms with Gasteiger partial charge in [0.25, 0.3) is 5.91 Å². The Labute approximate surface area is 211 Å². The molecule has 1 amide bonds. The molecule has 1 aromatic carbocycles. The number of anilines is 1. The quantitative estimate of drug-likeness (QED) is 0.299. The molecule has 0 saturated heterocycles. The van der Waals surface area contributed by atoms with Gasteiger partial charge in [-0.3, -0.25) is 4.79 Å². The van der Waals surface area contributed by atoms with E-state index in [0.29, 0.717) is 48.8 Å². The molecule has 12 heteroatoms. The fourth-order valence-electron chi connectivity index (χ4n) is 3.31. The lowest BCUT2D eigenvalue weighted by atomic mass is 10.1. The van der Waals surface area contributed by atoms with Crippen molar-refractivity contribution in [3.63, 3.8) is 0 Å². The Morgan fingerprint density at radius 3 is 2.53 bits per heavy atom. The van der Waals surface area contributed by atoms with E-state index in [0.717, 1.165) is 31.0 Å². The standard InChI is InChI=1S/C22H27Cl2N5O4S/c1-3-29(4-2)5-6-33-17-7-13(15(23)9-16(17)24)19-14-8-18(20(32)26-12(10-30)11-31)34-21(14)28-22(25)27-19/h7-9,12,30-31H,3-6,10-11H2,1-2H3,(H,26,32)(H2,25,27,28). The molecule has 0 unspecified atom stereocenters. The molecule has 5 N–H and O–H groups in total. The van der Waals surface area contributed by atoms with Crippen LogP contribution in [0.25, 0.3) is 21.5 Å². The molecule has 0 aliphatic rings. The van der Waals surface area contributed by atoms with Crippen molar-refractivity contribution in [3.8, 4) is 17.0 Å². The highest BCUT2D eigenvalue weighted by Gasteiger charge is 2.21. The number of carbonyl (C=O) groups is 1. The number of thiophene rings is 1. The van der Waals surface area contributed by atoms with Crippen molar-refractivity contribution in [2.24, 2.45) is 0 Å². The van der Waals surface area contributed by atoms with Crippen LogP contribution in [-0.4, -0.2) is 76.5 Å². The van der Waals surface area contributed by atoms with E-state index in [1.54, 1.807) is 18.2 Å². The summed E-state index contributed by atoms with van der Waals surface area (Å²) in [6.45, 7) is 6.44. The Kier molecular flexibility index (Phi) is 9.29. The molecule has 0 spiro atoms. The van der Waals surface area contributed by atoms with Crippen molar-refractivity contribution in [1.29, 1.82) is 0 Å². The van der Waals surface area contributed by atoms with Gasteiger partial charge in [0.05, 0.1) is 39.9 Å². The first-order valence-electron chi connectivity index (χ1n) is 10.7. The van der Waals surface area contributed by atoms with Gasteiger partial charge in [-0.1, -0.05) is 37.0 Å². The van der Waals surface area contributed by atoms with Crippen LogP contribution < -0.4 is 15.8 Å². The Morgan fingerprint density at radius 1 is 1.18 bits per heavy atom. The number of hydrogen-bond acceptors (Lipinski definition) is 9. The smallest absolute Gasteiger partial charge is 0.261 e. The minimum absolute atomic E-state index is 0.0231. The lowest BCUT2D eigenvalue weighted by Crippen LogP contribution is -2.39. The number of nitrogens with zero attached hydrogens (tertiary/aromatic N) is 3. The number of aliphatic hydroxyl groups is 2. The first-order valence-corrected chi connectivity index (χ1v) is 12.3. The zero-order valence-electron chi connectivity index (χ0n) is 18.8. The van der Waals surface area contributed by atoms with Gasteiger partial charge in [-0.25, -0.2) is 9.97 Å². The number of carbonyl (C=O) groups excluding carboxylic acids is 1. The summed E-state index contributed by atoms with van der Waals surface area (Å²) in [7, 11) is 0. The van der Waals surface area contributed by atoms with Crippen LogP contribution in [0.5, 0.6) is 5.75 Å². The van der Waals surface area contributed by atoms with Gasteiger partial charge in [-0.15, -0.1) is 11.3 Å². The molecule has 184 valence electrons. The first kappa shape index (κ1) is 26.4. The number of likely N-dealkylation sites (N-methyl/N-ethyl adjacent to an activating group) is 1. The molecule has 0 fully saturated rings. The summed E-state index contributed by atoms with van der Waals surface area (Å²) in [6.07, 6.45) is 0.